The Morgan fingerprint density at radius 3 is 2.50 bits per heavy atom. The van der Waals surface area contributed by atoms with E-state index in [0.717, 1.165) is 24.0 Å². The van der Waals surface area contributed by atoms with Crippen molar-refractivity contribution in [3.63, 3.8) is 0 Å². The Morgan fingerprint density at radius 2 is 1.93 bits per heavy atom. The quantitative estimate of drug-likeness (QED) is 0.704. The highest BCUT2D eigenvalue weighted by atomic mass is 14.5. The van der Waals surface area contributed by atoms with Crippen molar-refractivity contribution in [3.8, 4) is 12.1 Å². The summed E-state index contributed by atoms with van der Waals surface area (Å²) >= 11 is 0. The van der Waals surface area contributed by atoms with Gasteiger partial charge in [0.05, 0.1) is 24.0 Å². The van der Waals surface area contributed by atoms with Crippen LogP contribution < -0.4 is 0 Å². The van der Waals surface area contributed by atoms with Crippen molar-refractivity contribution >= 4 is 0 Å². The van der Waals surface area contributed by atoms with Crippen LogP contribution in [0.1, 0.15) is 24.0 Å². The second-order valence-electron chi connectivity index (χ2n) is 3.69. The van der Waals surface area contributed by atoms with Crippen molar-refractivity contribution < 1.29 is 0 Å². The third-order valence-electron chi connectivity index (χ3n) is 2.77. The molecule has 0 atom stereocenters. The molecule has 1 fully saturated rings. The first-order chi connectivity index (χ1) is 6.82. The van der Waals surface area contributed by atoms with E-state index < -0.39 is 0 Å². The van der Waals surface area contributed by atoms with Gasteiger partial charge in [0.15, 0.2) is 0 Å². The largest absolute Gasteiger partial charge is 0.198 e. The Hall–Kier alpha value is -1.80. The van der Waals surface area contributed by atoms with E-state index in [9.17, 15) is 0 Å². The Labute approximate surface area is 83.4 Å². The van der Waals surface area contributed by atoms with Crippen molar-refractivity contribution in [1.82, 2.24) is 0 Å². The second kappa shape index (κ2) is 3.16. The number of nitrogens with zero attached hydrogens (tertiary/aromatic N) is 2. The van der Waals surface area contributed by atoms with Crippen molar-refractivity contribution in [2.24, 2.45) is 0 Å². The smallest absolute Gasteiger partial charge is 0.0826 e. The third kappa shape index (κ3) is 1.26. The lowest BCUT2D eigenvalue weighted by Crippen LogP contribution is -2.06. The summed E-state index contributed by atoms with van der Waals surface area (Å²) in [5.41, 5.74) is 1.80. The molecule has 2 heteroatoms. The summed E-state index contributed by atoms with van der Waals surface area (Å²) in [6.07, 6.45) is 2.28. The molecule has 0 saturated heterocycles. The number of hydrogen-bond donors (Lipinski definition) is 0. The normalized spacial score (nSPS) is 16.7. The summed E-state index contributed by atoms with van der Waals surface area (Å²) in [6, 6.07) is 12.3. The highest BCUT2D eigenvalue weighted by Crippen LogP contribution is 2.48. The average molecular weight is 182 g/mol. The Kier molecular flexibility index (Phi) is 1.98. The molecule has 0 unspecified atom stereocenters. The zero-order valence-electron chi connectivity index (χ0n) is 7.83. The van der Waals surface area contributed by atoms with Crippen LogP contribution in [0.3, 0.4) is 0 Å². The number of nitriles is 2. The second-order valence-corrected chi connectivity index (χ2v) is 3.69. The molecule has 2 rings (SSSR count). The Morgan fingerprint density at radius 1 is 1.21 bits per heavy atom. The highest BCUT2D eigenvalue weighted by molar-refractivity contribution is 5.44. The lowest BCUT2D eigenvalue weighted by Gasteiger charge is -2.10. The van der Waals surface area contributed by atoms with E-state index in [0.29, 0.717) is 6.42 Å². The summed E-state index contributed by atoms with van der Waals surface area (Å²) in [5, 5.41) is 17.7. The zero-order valence-corrected chi connectivity index (χ0v) is 7.83. The van der Waals surface area contributed by atoms with Gasteiger partial charge < -0.3 is 0 Å². The first-order valence-corrected chi connectivity index (χ1v) is 4.69. The molecule has 0 amide bonds. The van der Waals surface area contributed by atoms with Gasteiger partial charge in [-0.1, -0.05) is 24.3 Å². The first kappa shape index (κ1) is 8.78. The van der Waals surface area contributed by atoms with Gasteiger partial charge in [-0.2, -0.15) is 10.5 Å². The van der Waals surface area contributed by atoms with Crippen LogP contribution in [-0.4, -0.2) is 0 Å². The lowest BCUT2D eigenvalue weighted by atomic mass is 9.91. The fraction of sp³-hybridized carbons (Fsp3) is 0.333. The molecule has 0 heterocycles. The monoisotopic (exact) mass is 182 g/mol. The molecule has 0 spiro atoms. The summed E-state index contributed by atoms with van der Waals surface area (Å²) in [7, 11) is 0. The molecular weight excluding hydrogens is 172 g/mol. The summed E-state index contributed by atoms with van der Waals surface area (Å²) in [5.74, 6) is 0. The molecule has 0 bridgehead atoms. The maximum Gasteiger partial charge on any atom is 0.0826 e. The van der Waals surface area contributed by atoms with Crippen LogP contribution >= 0.6 is 0 Å². The van der Waals surface area contributed by atoms with Crippen molar-refractivity contribution in [2.75, 3.05) is 0 Å². The van der Waals surface area contributed by atoms with E-state index in [1.165, 1.54) is 0 Å². The summed E-state index contributed by atoms with van der Waals surface area (Å²) in [6.45, 7) is 0. The van der Waals surface area contributed by atoms with E-state index >= 15 is 0 Å². The molecule has 0 aliphatic heterocycles. The number of benzene rings is 1. The molecule has 1 aromatic rings. The van der Waals surface area contributed by atoms with Crippen LogP contribution in [0.2, 0.25) is 0 Å². The van der Waals surface area contributed by atoms with Crippen LogP contribution in [0.4, 0.5) is 0 Å². The minimum absolute atomic E-state index is 0.270. The Balaban J connectivity index is 2.44. The van der Waals surface area contributed by atoms with Crippen molar-refractivity contribution in [3.05, 3.63) is 35.4 Å². The van der Waals surface area contributed by atoms with E-state index in [2.05, 4.69) is 12.1 Å². The van der Waals surface area contributed by atoms with Gasteiger partial charge in [-0.25, -0.2) is 0 Å². The van der Waals surface area contributed by atoms with Gasteiger partial charge in [-0.3, -0.25) is 0 Å². The van der Waals surface area contributed by atoms with Crippen LogP contribution in [-0.2, 0) is 11.8 Å². The number of rotatable bonds is 2. The molecule has 1 aliphatic carbocycles. The minimum atomic E-state index is -0.270. The summed E-state index contributed by atoms with van der Waals surface area (Å²) < 4.78 is 0. The van der Waals surface area contributed by atoms with E-state index in [4.69, 9.17) is 10.5 Å². The molecule has 1 aliphatic rings. The zero-order chi connectivity index (χ0) is 10.0. The average Bonchev–Trinajstić information content (AvgIpc) is 3.00. The maximum atomic E-state index is 9.07. The molecule has 0 radical (unpaired) electrons. The van der Waals surface area contributed by atoms with Gasteiger partial charge in [-0.15, -0.1) is 0 Å². The van der Waals surface area contributed by atoms with Gasteiger partial charge in [0.1, 0.15) is 0 Å². The molecule has 14 heavy (non-hydrogen) atoms. The van der Waals surface area contributed by atoms with Crippen LogP contribution in [0, 0.1) is 22.7 Å². The first-order valence-electron chi connectivity index (χ1n) is 4.69. The Bertz CT molecular complexity index is 430. The standard InChI is InChI=1S/C12H10N2/c13-8-5-10-3-1-2-4-11(10)12(9-14)6-7-12/h1-4H,5-7H2. The molecule has 68 valence electrons. The molecule has 0 aromatic heterocycles. The fourth-order valence-corrected chi connectivity index (χ4v) is 1.79. The van der Waals surface area contributed by atoms with Crippen LogP contribution in [0.5, 0.6) is 0 Å². The van der Waals surface area contributed by atoms with E-state index in [1.54, 1.807) is 0 Å². The van der Waals surface area contributed by atoms with Gasteiger partial charge >= 0.3 is 0 Å². The van der Waals surface area contributed by atoms with Crippen LogP contribution in [0.15, 0.2) is 24.3 Å². The minimum Gasteiger partial charge on any atom is -0.198 e. The predicted octanol–water partition coefficient (Wildman–Crippen LogP) is 2.31. The molecular formula is C12H10N2. The molecule has 1 saturated carbocycles. The molecule has 1 aromatic carbocycles. The van der Waals surface area contributed by atoms with Crippen LogP contribution in [0.25, 0.3) is 0 Å². The van der Waals surface area contributed by atoms with Gasteiger partial charge in [-0.05, 0) is 24.0 Å². The van der Waals surface area contributed by atoms with Gasteiger partial charge in [0.2, 0.25) is 0 Å². The number of hydrogen-bond acceptors (Lipinski definition) is 2. The van der Waals surface area contributed by atoms with Gasteiger partial charge in [0.25, 0.3) is 0 Å². The van der Waals surface area contributed by atoms with Crippen molar-refractivity contribution in [1.29, 1.82) is 10.5 Å². The SMILES string of the molecule is N#CCc1ccccc1C1(C#N)CC1. The predicted molar refractivity (Wildman–Crippen MR) is 52.3 cm³/mol. The van der Waals surface area contributed by atoms with Crippen molar-refractivity contribution in [2.45, 2.75) is 24.7 Å². The van der Waals surface area contributed by atoms with Gasteiger partial charge in [0, 0.05) is 0 Å². The van der Waals surface area contributed by atoms with E-state index in [1.807, 2.05) is 24.3 Å². The van der Waals surface area contributed by atoms with E-state index in [-0.39, 0.29) is 5.41 Å². The lowest BCUT2D eigenvalue weighted by molar-refractivity contribution is 0.888. The topological polar surface area (TPSA) is 47.6 Å². The maximum absolute atomic E-state index is 9.07. The highest BCUT2D eigenvalue weighted by Gasteiger charge is 2.45. The third-order valence-corrected chi connectivity index (χ3v) is 2.77. The fourth-order valence-electron chi connectivity index (χ4n) is 1.79. The molecule has 0 N–H and O–H groups in total. The summed E-state index contributed by atoms with van der Waals surface area (Å²) in [4.78, 5) is 0. The molecule has 2 nitrogen and oxygen atoms in total.